The zero-order chi connectivity index (χ0) is 24.9. The van der Waals surface area contributed by atoms with Crippen LogP contribution in [0.3, 0.4) is 0 Å². The first-order valence-electron chi connectivity index (χ1n) is 12.3. The van der Waals surface area contributed by atoms with Crippen LogP contribution >= 0.6 is 11.8 Å². The van der Waals surface area contributed by atoms with E-state index in [0.717, 1.165) is 18.4 Å². The topological polar surface area (TPSA) is 98.7 Å². The van der Waals surface area contributed by atoms with E-state index < -0.39 is 39.0 Å². The van der Waals surface area contributed by atoms with Gasteiger partial charge in [0.15, 0.2) is 0 Å². The molecule has 3 N–H and O–H groups in total. The van der Waals surface area contributed by atoms with Gasteiger partial charge in [0.2, 0.25) is 17.7 Å². The number of thioether (sulfide) groups is 1. The number of amides is 3. The van der Waals surface area contributed by atoms with Gasteiger partial charge in [-0.15, -0.1) is 11.8 Å². The second-order valence-corrected chi connectivity index (χ2v) is 13.0. The maximum absolute atomic E-state index is 14.2. The lowest BCUT2D eigenvalue weighted by atomic mass is 9.66. The number of carbonyl (C=O) groups is 3. The molecule has 2 bridgehead atoms. The maximum Gasteiger partial charge on any atom is 0.244 e. The first kappa shape index (κ1) is 25.0. The molecule has 0 aliphatic carbocycles. The number of rotatable bonds is 7. The molecular formula is C26H37N3O4S. The quantitative estimate of drug-likeness (QED) is 0.549. The van der Waals surface area contributed by atoms with E-state index in [4.69, 9.17) is 0 Å². The fraction of sp³-hybridized carbons (Fsp3) is 0.654. The highest BCUT2D eigenvalue weighted by Gasteiger charge is 2.77. The van der Waals surface area contributed by atoms with Crippen LogP contribution in [0.5, 0.6) is 0 Å². The van der Waals surface area contributed by atoms with Crippen molar-refractivity contribution in [3.8, 4) is 0 Å². The summed E-state index contributed by atoms with van der Waals surface area (Å²) < 4.78 is -1.09. The summed E-state index contributed by atoms with van der Waals surface area (Å²) in [6.45, 7) is 10.1. The molecule has 3 amide bonds. The third-order valence-electron chi connectivity index (χ3n) is 7.49. The molecule has 3 aliphatic rings. The Balaban J connectivity index is 1.82. The van der Waals surface area contributed by atoms with Gasteiger partial charge in [0.05, 0.1) is 29.2 Å². The van der Waals surface area contributed by atoms with Crippen molar-refractivity contribution in [3.63, 3.8) is 0 Å². The first-order valence-corrected chi connectivity index (χ1v) is 13.1. The number of nitrogens with one attached hydrogen (secondary N) is 2. The summed E-state index contributed by atoms with van der Waals surface area (Å²) in [5, 5.41) is 16.6. The lowest BCUT2D eigenvalue weighted by Crippen LogP contribution is -2.57. The monoisotopic (exact) mass is 487 g/mol. The van der Waals surface area contributed by atoms with Crippen molar-refractivity contribution in [2.24, 2.45) is 11.8 Å². The molecule has 7 nitrogen and oxygen atoms in total. The lowest BCUT2D eigenvalue weighted by molar-refractivity contribution is -0.143. The average molecular weight is 488 g/mol. The zero-order valence-electron chi connectivity index (χ0n) is 20.8. The van der Waals surface area contributed by atoms with Gasteiger partial charge in [-0.3, -0.25) is 14.4 Å². The highest BCUT2D eigenvalue weighted by atomic mass is 32.2. The van der Waals surface area contributed by atoms with Crippen LogP contribution in [-0.4, -0.2) is 62.0 Å². The van der Waals surface area contributed by atoms with E-state index in [9.17, 15) is 19.5 Å². The van der Waals surface area contributed by atoms with E-state index in [2.05, 4.69) is 17.6 Å². The molecule has 1 aromatic rings. The molecule has 3 heterocycles. The number of fused-ring (bicyclic) bond motifs is 1. The van der Waals surface area contributed by atoms with Crippen LogP contribution in [-0.2, 0) is 14.4 Å². The number of likely N-dealkylation sites (tertiary alicyclic amines) is 1. The molecule has 0 radical (unpaired) electrons. The number of benzene rings is 1. The normalized spacial score (nSPS) is 33.1. The minimum atomic E-state index is -0.766. The summed E-state index contributed by atoms with van der Waals surface area (Å²) in [4.78, 5) is 43.0. The van der Waals surface area contributed by atoms with Crippen molar-refractivity contribution in [3.05, 3.63) is 35.9 Å². The van der Waals surface area contributed by atoms with Gasteiger partial charge in [0.25, 0.3) is 0 Å². The summed E-state index contributed by atoms with van der Waals surface area (Å²) in [6.07, 6.45) is 2.27. The van der Waals surface area contributed by atoms with Crippen LogP contribution in [0.4, 0.5) is 0 Å². The lowest BCUT2D eigenvalue weighted by Gasteiger charge is -2.38. The standard InChI is InChI=1S/C26H37N3O4S/c1-6-14-27-21(31)18-19-23(33)29(17(15-30)16-10-8-7-9-11-16)20(22(32)28-24(2,3)4)26(19)13-12-25(18,5)34-26/h7-11,17-20,30H,6,12-15H2,1-5H3,(H,27,31)(H,28,32)/t17-,18-,19+,20?,25+,26?/m1/s1. The van der Waals surface area contributed by atoms with Gasteiger partial charge in [-0.1, -0.05) is 37.3 Å². The number of aliphatic hydroxyl groups excluding tert-OH is 1. The Morgan fingerprint density at radius 1 is 1.21 bits per heavy atom. The van der Waals surface area contributed by atoms with E-state index in [-0.39, 0.29) is 24.3 Å². The van der Waals surface area contributed by atoms with Crippen LogP contribution in [0.25, 0.3) is 0 Å². The summed E-state index contributed by atoms with van der Waals surface area (Å²) in [5.41, 5.74) is 0.298. The number of nitrogens with zero attached hydrogens (tertiary/aromatic N) is 1. The Kier molecular flexibility index (Phi) is 6.53. The molecule has 4 rings (SSSR count). The molecule has 0 saturated carbocycles. The molecule has 3 fully saturated rings. The Morgan fingerprint density at radius 2 is 1.88 bits per heavy atom. The average Bonchev–Trinajstić information content (AvgIpc) is 3.33. The maximum atomic E-state index is 14.2. The highest BCUT2D eigenvalue weighted by Crippen LogP contribution is 2.72. The third kappa shape index (κ3) is 3.92. The van der Waals surface area contributed by atoms with Gasteiger partial charge in [-0.25, -0.2) is 0 Å². The van der Waals surface area contributed by atoms with E-state index >= 15 is 0 Å². The van der Waals surface area contributed by atoms with Crippen LogP contribution in [0.2, 0.25) is 0 Å². The molecule has 6 atom stereocenters. The molecule has 2 unspecified atom stereocenters. The number of hydrogen-bond acceptors (Lipinski definition) is 5. The van der Waals surface area contributed by atoms with E-state index in [1.807, 2.05) is 58.0 Å². The second-order valence-electron chi connectivity index (χ2n) is 11.1. The van der Waals surface area contributed by atoms with E-state index in [1.165, 1.54) is 0 Å². The third-order valence-corrected chi connectivity index (χ3v) is 9.47. The molecular weight excluding hydrogens is 450 g/mol. The van der Waals surface area contributed by atoms with Crippen LogP contribution < -0.4 is 10.6 Å². The predicted molar refractivity (Wildman–Crippen MR) is 133 cm³/mol. The van der Waals surface area contributed by atoms with Gasteiger partial charge in [-0.05, 0) is 52.5 Å². The van der Waals surface area contributed by atoms with Gasteiger partial charge in [-0.2, -0.15) is 0 Å². The molecule has 3 saturated heterocycles. The minimum absolute atomic E-state index is 0.103. The fourth-order valence-corrected chi connectivity index (χ4v) is 8.57. The summed E-state index contributed by atoms with van der Waals surface area (Å²) in [5.74, 6) is -1.63. The fourth-order valence-electron chi connectivity index (χ4n) is 6.23. The van der Waals surface area contributed by atoms with Crippen LogP contribution in [0, 0.1) is 11.8 Å². The van der Waals surface area contributed by atoms with Gasteiger partial charge in [0, 0.05) is 16.8 Å². The van der Waals surface area contributed by atoms with Gasteiger partial charge >= 0.3 is 0 Å². The van der Waals surface area contributed by atoms with Crippen molar-refractivity contribution in [1.29, 1.82) is 0 Å². The predicted octanol–water partition coefficient (Wildman–Crippen LogP) is 2.64. The van der Waals surface area contributed by atoms with Crippen molar-refractivity contribution >= 4 is 29.5 Å². The Bertz CT molecular complexity index is 965. The molecule has 1 spiro atoms. The summed E-state index contributed by atoms with van der Waals surface area (Å²) in [7, 11) is 0. The zero-order valence-corrected chi connectivity index (χ0v) is 21.6. The molecule has 0 aromatic heterocycles. The highest BCUT2D eigenvalue weighted by molar-refractivity contribution is 8.02. The Hall–Kier alpha value is -2.06. The van der Waals surface area contributed by atoms with Crippen molar-refractivity contribution in [2.75, 3.05) is 13.2 Å². The smallest absolute Gasteiger partial charge is 0.244 e. The minimum Gasteiger partial charge on any atom is -0.394 e. The molecule has 1 aromatic carbocycles. The van der Waals surface area contributed by atoms with Crippen molar-refractivity contribution < 1.29 is 19.5 Å². The molecule has 8 heteroatoms. The van der Waals surface area contributed by atoms with E-state index in [1.54, 1.807) is 16.7 Å². The van der Waals surface area contributed by atoms with Crippen molar-refractivity contribution in [2.45, 2.75) is 81.0 Å². The van der Waals surface area contributed by atoms with Gasteiger partial charge in [0.1, 0.15) is 6.04 Å². The number of hydrogen-bond donors (Lipinski definition) is 3. The molecule has 34 heavy (non-hydrogen) atoms. The second kappa shape index (κ2) is 8.86. The Labute approximate surface area is 206 Å². The van der Waals surface area contributed by atoms with Gasteiger partial charge < -0.3 is 20.6 Å². The number of aliphatic hydroxyl groups is 1. The SMILES string of the molecule is CCCNC(=O)[C@H]1[C@H]2C(=O)N([C@H](CO)c3ccccc3)C(C(=O)NC(C)(C)C)C23CC[C@]1(C)S3. The Morgan fingerprint density at radius 3 is 2.47 bits per heavy atom. The van der Waals surface area contributed by atoms with Crippen molar-refractivity contribution in [1.82, 2.24) is 15.5 Å². The molecule has 3 aliphatic heterocycles. The summed E-state index contributed by atoms with van der Waals surface area (Å²) >= 11 is 1.65. The first-order chi connectivity index (χ1) is 16.0. The van der Waals surface area contributed by atoms with E-state index in [0.29, 0.717) is 13.0 Å². The van der Waals surface area contributed by atoms with Crippen LogP contribution in [0.15, 0.2) is 30.3 Å². The number of carbonyl (C=O) groups excluding carboxylic acids is 3. The van der Waals surface area contributed by atoms with Crippen LogP contribution in [0.1, 0.15) is 65.5 Å². The largest absolute Gasteiger partial charge is 0.394 e. The molecule has 186 valence electrons. The summed E-state index contributed by atoms with van der Waals surface area (Å²) in [6, 6.07) is 7.93.